The Morgan fingerprint density at radius 3 is 2.82 bits per heavy atom. The van der Waals surface area contributed by atoms with Gasteiger partial charge in [0, 0.05) is 52.0 Å². The first kappa shape index (κ1) is 10.8. The maximum atomic E-state index is 11.9. The molecule has 92 valence electrons. The van der Waals surface area contributed by atoms with Crippen LogP contribution in [0.4, 0.5) is 0 Å². The summed E-state index contributed by atoms with van der Waals surface area (Å²) >= 11 is 0. The van der Waals surface area contributed by atoms with Crippen molar-refractivity contribution in [3.8, 4) is 0 Å². The molecule has 0 radical (unpaired) electrons. The minimum absolute atomic E-state index is 0.222. The maximum Gasteiger partial charge on any atom is 0.227 e. The van der Waals surface area contributed by atoms with E-state index in [1.54, 1.807) is 0 Å². The number of imidazole rings is 1. The van der Waals surface area contributed by atoms with Gasteiger partial charge in [0.05, 0.1) is 12.5 Å². The lowest BCUT2D eigenvalue weighted by molar-refractivity contribution is -0.129. The SMILES string of the molecule is CN1C[C@@H]2CN(Cc3nccn3C)C[C@@H]2C1=O. The molecule has 0 aliphatic carbocycles. The maximum absolute atomic E-state index is 11.9. The number of aromatic nitrogens is 2. The van der Waals surface area contributed by atoms with Crippen LogP contribution in [0.25, 0.3) is 0 Å². The molecule has 2 fully saturated rings. The molecule has 1 aromatic heterocycles. The van der Waals surface area contributed by atoms with Crippen LogP contribution in [0.1, 0.15) is 5.82 Å². The van der Waals surface area contributed by atoms with Crippen LogP contribution in [0, 0.1) is 11.8 Å². The van der Waals surface area contributed by atoms with Crippen molar-refractivity contribution in [3.05, 3.63) is 18.2 Å². The average Bonchev–Trinajstić information content (AvgIpc) is 2.91. The van der Waals surface area contributed by atoms with Crippen LogP contribution in [-0.4, -0.2) is 51.9 Å². The first-order chi connectivity index (χ1) is 8.15. The van der Waals surface area contributed by atoms with Crippen molar-refractivity contribution in [2.45, 2.75) is 6.54 Å². The van der Waals surface area contributed by atoms with Crippen LogP contribution in [0.3, 0.4) is 0 Å². The summed E-state index contributed by atoms with van der Waals surface area (Å²) in [4.78, 5) is 20.4. The highest BCUT2D eigenvalue weighted by Gasteiger charge is 2.44. The fourth-order valence-corrected chi connectivity index (χ4v) is 3.03. The Balaban J connectivity index is 1.67. The van der Waals surface area contributed by atoms with E-state index < -0.39 is 0 Å². The molecule has 2 aliphatic heterocycles. The molecule has 1 amide bonds. The van der Waals surface area contributed by atoms with Crippen molar-refractivity contribution in [1.29, 1.82) is 0 Å². The van der Waals surface area contributed by atoms with Gasteiger partial charge in [-0.3, -0.25) is 9.69 Å². The lowest BCUT2D eigenvalue weighted by atomic mass is 10.0. The van der Waals surface area contributed by atoms with E-state index in [1.165, 1.54) is 0 Å². The number of hydrogen-bond donors (Lipinski definition) is 0. The number of nitrogens with zero attached hydrogens (tertiary/aromatic N) is 4. The van der Waals surface area contributed by atoms with E-state index in [1.807, 2.05) is 36.0 Å². The molecule has 0 unspecified atom stereocenters. The monoisotopic (exact) mass is 234 g/mol. The zero-order valence-electron chi connectivity index (χ0n) is 10.3. The summed E-state index contributed by atoms with van der Waals surface area (Å²) in [5.74, 6) is 2.14. The number of carbonyl (C=O) groups excluding carboxylic acids is 1. The topological polar surface area (TPSA) is 41.4 Å². The summed E-state index contributed by atoms with van der Waals surface area (Å²) in [6.07, 6.45) is 3.79. The van der Waals surface area contributed by atoms with Crippen molar-refractivity contribution < 1.29 is 4.79 Å². The van der Waals surface area contributed by atoms with E-state index in [4.69, 9.17) is 0 Å². The van der Waals surface area contributed by atoms with Gasteiger partial charge in [-0.1, -0.05) is 0 Å². The summed E-state index contributed by atoms with van der Waals surface area (Å²) in [7, 11) is 3.92. The molecule has 0 bridgehead atoms. The Labute approximate surface area is 101 Å². The summed E-state index contributed by atoms with van der Waals surface area (Å²) in [6.45, 7) is 3.68. The van der Waals surface area contributed by atoms with Crippen LogP contribution in [0.2, 0.25) is 0 Å². The number of fused-ring (bicyclic) bond motifs is 1. The third-order valence-corrected chi connectivity index (χ3v) is 4.00. The molecular formula is C12H18N4O. The van der Waals surface area contributed by atoms with Crippen molar-refractivity contribution in [2.24, 2.45) is 18.9 Å². The molecule has 0 aromatic carbocycles. The molecule has 0 saturated carbocycles. The summed E-state index contributed by atoms with van der Waals surface area (Å²) in [6, 6.07) is 0. The zero-order valence-corrected chi connectivity index (χ0v) is 10.3. The Morgan fingerprint density at radius 1 is 1.35 bits per heavy atom. The van der Waals surface area contributed by atoms with Gasteiger partial charge in [0.25, 0.3) is 0 Å². The quantitative estimate of drug-likeness (QED) is 0.720. The van der Waals surface area contributed by atoms with Crippen molar-refractivity contribution in [2.75, 3.05) is 26.7 Å². The molecule has 0 spiro atoms. The van der Waals surface area contributed by atoms with E-state index in [-0.39, 0.29) is 5.92 Å². The average molecular weight is 234 g/mol. The molecule has 17 heavy (non-hydrogen) atoms. The number of carbonyl (C=O) groups is 1. The fraction of sp³-hybridized carbons (Fsp3) is 0.667. The number of likely N-dealkylation sites (tertiary alicyclic amines) is 2. The van der Waals surface area contributed by atoms with Gasteiger partial charge in [-0.2, -0.15) is 0 Å². The van der Waals surface area contributed by atoms with Gasteiger partial charge in [0.15, 0.2) is 0 Å². The van der Waals surface area contributed by atoms with Crippen LogP contribution in [-0.2, 0) is 18.4 Å². The van der Waals surface area contributed by atoms with E-state index in [0.717, 1.165) is 32.0 Å². The number of hydrogen-bond acceptors (Lipinski definition) is 3. The van der Waals surface area contributed by atoms with Gasteiger partial charge in [0.1, 0.15) is 5.82 Å². The van der Waals surface area contributed by atoms with E-state index in [2.05, 4.69) is 9.88 Å². The fourth-order valence-electron chi connectivity index (χ4n) is 3.03. The second kappa shape index (κ2) is 3.84. The highest BCUT2D eigenvalue weighted by atomic mass is 16.2. The molecule has 5 nitrogen and oxygen atoms in total. The lowest BCUT2D eigenvalue weighted by Crippen LogP contribution is -2.30. The smallest absolute Gasteiger partial charge is 0.227 e. The summed E-state index contributed by atoms with van der Waals surface area (Å²) in [5.41, 5.74) is 0. The van der Waals surface area contributed by atoms with Gasteiger partial charge in [-0.05, 0) is 0 Å². The Bertz CT molecular complexity index is 441. The number of rotatable bonds is 2. The van der Waals surface area contributed by atoms with Crippen LogP contribution >= 0.6 is 0 Å². The molecule has 3 rings (SSSR count). The Morgan fingerprint density at radius 2 is 2.18 bits per heavy atom. The highest BCUT2D eigenvalue weighted by Crippen LogP contribution is 2.31. The van der Waals surface area contributed by atoms with Gasteiger partial charge >= 0.3 is 0 Å². The molecule has 5 heteroatoms. The van der Waals surface area contributed by atoms with Crippen LogP contribution in [0.5, 0.6) is 0 Å². The molecular weight excluding hydrogens is 216 g/mol. The van der Waals surface area contributed by atoms with Crippen molar-refractivity contribution in [1.82, 2.24) is 19.4 Å². The van der Waals surface area contributed by atoms with E-state index in [0.29, 0.717) is 11.8 Å². The third kappa shape index (κ3) is 1.74. The standard InChI is InChI=1S/C12H18N4O/c1-14-4-3-13-11(14)8-16-6-9-5-15(2)12(17)10(9)7-16/h3-4,9-10H,5-8H2,1-2H3/t9-,10+/m1/s1. The third-order valence-electron chi connectivity index (χ3n) is 4.00. The van der Waals surface area contributed by atoms with Gasteiger partial charge in [-0.15, -0.1) is 0 Å². The van der Waals surface area contributed by atoms with Crippen LogP contribution in [0.15, 0.2) is 12.4 Å². The predicted octanol–water partition coefficient (Wildman–Crippen LogP) is -0.0599. The van der Waals surface area contributed by atoms with E-state index >= 15 is 0 Å². The first-order valence-corrected chi connectivity index (χ1v) is 6.08. The number of amides is 1. The van der Waals surface area contributed by atoms with Gasteiger partial charge in [0.2, 0.25) is 5.91 Å². The van der Waals surface area contributed by atoms with Gasteiger partial charge < -0.3 is 9.47 Å². The van der Waals surface area contributed by atoms with Crippen LogP contribution < -0.4 is 0 Å². The predicted molar refractivity (Wildman–Crippen MR) is 63.1 cm³/mol. The lowest BCUT2D eigenvalue weighted by Gasteiger charge is -2.18. The van der Waals surface area contributed by atoms with Crippen molar-refractivity contribution in [3.63, 3.8) is 0 Å². The van der Waals surface area contributed by atoms with E-state index in [9.17, 15) is 4.79 Å². The minimum Gasteiger partial charge on any atom is -0.345 e. The molecule has 3 heterocycles. The van der Waals surface area contributed by atoms with Crippen molar-refractivity contribution >= 4 is 5.91 Å². The zero-order chi connectivity index (χ0) is 12.0. The Kier molecular flexibility index (Phi) is 2.43. The number of aryl methyl sites for hydroxylation is 1. The Hall–Kier alpha value is -1.36. The molecule has 1 aromatic rings. The van der Waals surface area contributed by atoms with Gasteiger partial charge in [-0.25, -0.2) is 4.98 Å². The largest absolute Gasteiger partial charge is 0.345 e. The molecule has 2 atom stereocenters. The summed E-state index contributed by atoms with van der Waals surface area (Å²) < 4.78 is 2.04. The second-order valence-corrected chi connectivity index (χ2v) is 5.23. The highest BCUT2D eigenvalue weighted by molar-refractivity contribution is 5.81. The summed E-state index contributed by atoms with van der Waals surface area (Å²) in [5, 5.41) is 0. The normalized spacial score (nSPS) is 29.1. The minimum atomic E-state index is 0.222. The first-order valence-electron chi connectivity index (χ1n) is 6.08. The molecule has 2 saturated heterocycles. The molecule has 2 aliphatic rings. The molecule has 0 N–H and O–H groups in total. The second-order valence-electron chi connectivity index (χ2n) is 5.23.